The van der Waals surface area contributed by atoms with Crippen LogP contribution in [-0.2, 0) is 0 Å². The lowest BCUT2D eigenvalue weighted by Gasteiger charge is -2.12. The molecule has 0 bridgehead atoms. The van der Waals surface area contributed by atoms with Gasteiger partial charge in [0.05, 0.1) is 29.2 Å². The summed E-state index contributed by atoms with van der Waals surface area (Å²) < 4.78 is 23.5. The van der Waals surface area contributed by atoms with Crippen molar-refractivity contribution >= 4 is 68.6 Å². The minimum Gasteiger partial charge on any atom is -0.497 e. The highest BCUT2D eigenvalue weighted by Crippen LogP contribution is 2.27. The molecule has 0 saturated heterocycles. The predicted octanol–water partition coefficient (Wildman–Crippen LogP) is 7.70. The maximum atomic E-state index is 14.7. The van der Waals surface area contributed by atoms with Crippen LogP contribution < -0.4 is 26.8 Å². The van der Waals surface area contributed by atoms with Crippen LogP contribution in [0.3, 0.4) is 0 Å². The van der Waals surface area contributed by atoms with E-state index in [9.17, 15) is 4.39 Å². The molecule has 0 aliphatic carbocycles. The summed E-state index contributed by atoms with van der Waals surface area (Å²) in [6, 6.07) is 31.6. The van der Waals surface area contributed by atoms with Crippen molar-refractivity contribution in [1.82, 2.24) is 39.0 Å². The lowest BCUT2D eigenvalue weighted by molar-refractivity contribution is 0.415. The van der Waals surface area contributed by atoms with Gasteiger partial charge >= 0.3 is 0 Å². The Balaban J connectivity index is 0.000000162. The van der Waals surface area contributed by atoms with Crippen molar-refractivity contribution in [2.75, 3.05) is 29.2 Å². The number of nitrogens with two attached hydrogens (primary N) is 2. The highest BCUT2D eigenvalue weighted by Gasteiger charge is 2.19. The van der Waals surface area contributed by atoms with Gasteiger partial charge < -0.3 is 26.8 Å². The van der Waals surface area contributed by atoms with Crippen molar-refractivity contribution in [2.24, 2.45) is 0 Å². The van der Waals surface area contributed by atoms with E-state index < -0.39 is 5.82 Å². The second kappa shape index (κ2) is 14.2. The van der Waals surface area contributed by atoms with E-state index >= 15 is 0 Å². The Hall–Kier alpha value is -6.80. The Morgan fingerprint density at radius 2 is 1.19 bits per heavy atom. The lowest BCUT2D eigenvalue weighted by atomic mass is 10.3. The quantitative estimate of drug-likeness (QED) is 0.127. The number of hydrogen-bond donors (Lipinski definition) is 4. The number of anilines is 6. The Morgan fingerprint density at radius 1 is 0.654 bits per heavy atom. The summed E-state index contributed by atoms with van der Waals surface area (Å²) in [5, 5.41) is 6.85. The summed E-state index contributed by atoms with van der Waals surface area (Å²) in [7, 11) is 1.59. The highest BCUT2D eigenvalue weighted by atomic mass is 35.5. The van der Waals surface area contributed by atoms with Gasteiger partial charge in [0.15, 0.2) is 11.6 Å². The van der Waals surface area contributed by atoms with Gasteiger partial charge in [0.2, 0.25) is 17.7 Å². The summed E-state index contributed by atoms with van der Waals surface area (Å²) >= 11 is 5.92. The highest BCUT2D eigenvalue weighted by molar-refractivity contribution is 6.30. The molecule has 13 nitrogen and oxygen atoms in total. The zero-order valence-corrected chi connectivity index (χ0v) is 29.0. The molecular weight excluding hydrogens is 683 g/mol. The molecule has 0 unspecified atom stereocenters. The molecule has 0 fully saturated rings. The van der Waals surface area contributed by atoms with Crippen LogP contribution in [0.1, 0.15) is 11.6 Å². The number of halogens is 2. The molecule has 260 valence electrons. The smallest absolute Gasteiger partial charge is 0.231 e. The van der Waals surface area contributed by atoms with E-state index in [-0.39, 0.29) is 17.6 Å². The molecule has 6 N–H and O–H groups in total. The number of ether oxygens (including phenoxy) is 1. The summed E-state index contributed by atoms with van der Waals surface area (Å²) in [5.74, 6) is 2.90. The zero-order valence-electron chi connectivity index (χ0n) is 28.2. The third-order valence-electron chi connectivity index (χ3n) is 7.94. The average Bonchev–Trinajstić information content (AvgIpc) is 3.66. The van der Waals surface area contributed by atoms with Crippen LogP contribution in [0, 0.1) is 19.7 Å². The number of methoxy groups -OCH3 is 1. The number of aryl methyl sites for hydroxylation is 2. The molecule has 0 aliphatic rings. The first kappa shape index (κ1) is 33.7. The largest absolute Gasteiger partial charge is 0.497 e. The van der Waals surface area contributed by atoms with Crippen molar-refractivity contribution in [1.29, 1.82) is 0 Å². The number of benzene rings is 4. The Bertz CT molecular complexity index is 2540. The molecule has 0 aliphatic heterocycles. The Morgan fingerprint density at radius 3 is 1.81 bits per heavy atom. The van der Waals surface area contributed by atoms with E-state index in [4.69, 9.17) is 27.8 Å². The predicted molar refractivity (Wildman–Crippen MR) is 203 cm³/mol. The van der Waals surface area contributed by atoms with Crippen LogP contribution >= 0.6 is 11.6 Å². The van der Waals surface area contributed by atoms with Gasteiger partial charge in [-0.3, -0.25) is 9.13 Å². The van der Waals surface area contributed by atoms with Crippen molar-refractivity contribution < 1.29 is 9.13 Å². The monoisotopic (exact) mass is 714 g/mol. The van der Waals surface area contributed by atoms with E-state index in [1.807, 2.05) is 72.2 Å². The van der Waals surface area contributed by atoms with Gasteiger partial charge in [-0.15, -0.1) is 0 Å². The molecule has 0 atom stereocenters. The molecule has 52 heavy (non-hydrogen) atoms. The number of nitrogens with one attached hydrogen (secondary N) is 2. The minimum absolute atomic E-state index is 0.0460. The fourth-order valence-electron chi connectivity index (χ4n) is 5.59. The molecule has 0 saturated carbocycles. The number of nitrogens with zero attached hydrogens (tertiary/aromatic N) is 8. The van der Waals surface area contributed by atoms with Crippen molar-refractivity contribution in [2.45, 2.75) is 13.8 Å². The summed E-state index contributed by atoms with van der Waals surface area (Å²) in [6.07, 6.45) is 0. The Kier molecular flexibility index (Phi) is 9.20. The van der Waals surface area contributed by atoms with Gasteiger partial charge in [-0.1, -0.05) is 35.9 Å². The van der Waals surface area contributed by atoms with Crippen LogP contribution in [-0.4, -0.2) is 46.1 Å². The summed E-state index contributed by atoms with van der Waals surface area (Å²) in [6.45, 7) is 3.72. The first-order valence-corrected chi connectivity index (χ1v) is 16.3. The fourth-order valence-corrected chi connectivity index (χ4v) is 5.72. The van der Waals surface area contributed by atoms with Crippen LogP contribution in [0.25, 0.3) is 33.7 Å². The van der Waals surface area contributed by atoms with E-state index in [0.717, 1.165) is 45.0 Å². The number of hydrogen-bond acceptors (Lipinski definition) is 11. The molecule has 4 aromatic carbocycles. The topological polar surface area (TPSA) is 173 Å². The number of para-hydroxylation sites is 4. The first-order valence-electron chi connectivity index (χ1n) is 16.0. The molecule has 4 aromatic heterocycles. The molecular formula is C37H32ClFN12O. The zero-order chi connectivity index (χ0) is 36.4. The van der Waals surface area contributed by atoms with E-state index in [1.165, 1.54) is 0 Å². The maximum absolute atomic E-state index is 14.7. The van der Waals surface area contributed by atoms with Crippen molar-refractivity contribution in [3.05, 3.63) is 126 Å². The number of aromatic nitrogens is 8. The van der Waals surface area contributed by atoms with Gasteiger partial charge in [0.1, 0.15) is 29.0 Å². The van der Waals surface area contributed by atoms with Gasteiger partial charge in [0, 0.05) is 22.5 Å². The summed E-state index contributed by atoms with van der Waals surface area (Å²) in [4.78, 5) is 26.2. The fraction of sp³-hybridized carbons (Fsp3) is 0.0811. The van der Waals surface area contributed by atoms with E-state index in [2.05, 4.69) is 40.5 Å². The van der Waals surface area contributed by atoms with Crippen molar-refractivity contribution in [3.63, 3.8) is 0 Å². The van der Waals surface area contributed by atoms with Gasteiger partial charge in [-0.25, -0.2) is 9.97 Å². The molecule has 0 amide bonds. The van der Waals surface area contributed by atoms with E-state index in [1.54, 1.807) is 61.1 Å². The van der Waals surface area contributed by atoms with Crippen LogP contribution in [0.2, 0.25) is 5.02 Å². The van der Waals surface area contributed by atoms with E-state index in [0.29, 0.717) is 28.4 Å². The van der Waals surface area contributed by atoms with Gasteiger partial charge in [-0.2, -0.15) is 24.3 Å². The number of fused-ring (bicyclic) bond motifs is 2. The SMILES string of the molecule is COc1ccc(Nc2nc(N)c(F)c(-n3c(C)nc4ccccc43)n2)cc1.Cc1nc2ccccc2n1-c1cc(N)nc(Nc2ccc(Cl)cc2)n1. The molecule has 8 aromatic rings. The summed E-state index contributed by atoms with van der Waals surface area (Å²) in [5.41, 5.74) is 16.7. The van der Waals surface area contributed by atoms with Gasteiger partial charge in [0.25, 0.3) is 0 Å². The van der Waals surface area contributed by atoms with Crippen LogP contribution in [0.4, 0.5) is 39.3 Å². The molecule has 15 heteroatoms. The molecule has 4 heterocycles. The lowest BCUT2D eigenvalue weighted by Crippen LogP contribution is -2.10. The molecule has 8 rings (SSSR count). The molecule has 0 spiro atoms. The molecule has 0 radical (unpaired) electrons. The maximum Gasteiger partial charge on any atom is 0.231 e. The first-order chi connectivity index (χ1) is 25.2. The average molecular weight is 715 g/mol. The number of imidazole rings is 2. The third kappa shape index (κ3) is 6.95. The normalized spacial score (nSPS) is 10.9. The van der Waals surface area contributed by atoms with Crippen LogP contribution in [0.15, 0.2) is 103 Å². The van der Waals surface area contributed by atoms with Crippen molar-refractivity contribution in [3.8, 4) is 17.4 Å². The minimum atomic E-state index is -0.693. The second-order valence-electron chi connectivity index (χ2n) is 11.5. The third-order valence-corrected chi connectivity index (χ3v) is 8.19. The second-order valence-corrected chi connectivity index (χ2v) is 11.9. The number of nitrogen functional groups attached to an aromatic ring is 2. The van der Waals surface area contributed by atoms with Crippen LogP contribution in [0.5, 0.6) is 5.75 Å². The number of rotatable bonds is 7. The Labute approximate surface area is 302 Å². The van der Waals surface area contributed by atoms with Gasteiger partial charge in [-0.05, 0) is 86.6 Å². The standard InChI is InChI=1S/C19H17FN6O.C18H15ClN6/c1-11-22-14-5-3-4-6-15(14)26(11)18-16(20)17(21)24-19(25-18)23-12-7-9-13(27-2)10-8-12;1-11-21-14-4-2-3-5-15(14)25(11)17-10-16(20)23-18(24-17)22-13-8-6-12(19)7-9-13/h3-10H,1-2H3,(H3,21,23,24,25);2-10H,1H3,(H3,20,22,23,24).